The number of likely N-dealkylation sites (tertiary alicyclic amines) is 1. The van der Waals surface area contributed by atoms with Crippen molar-refractivity contribution in [3.63, 3.8) is 0 Å². The van der Waals surface area contributed by atoms with Crippen molar-refractivity contribution in [2.24, 2.45) is 0 Å². The third kappa shape index (κ3) is 4.48. The molecule has 0 spiro atoms. The number of pyridine rings is 1. The van der Waals surface area contributed by atoms with Crippen molar-refractivity contribution in [3.05, 3.63) is 29.6 Å². The summed E-state index contributed by atoms with van der Waals surface area (Å²) in [5.74, 6) is -1.12. The summed E-state index contributed by atoms with van der Waals surface area (Å²) in [6.45, 7) is 6.59. The molecule has 0 saturated carbocycles. The minimum atomic E-state index is -1.29. The van der Waals surface area contributed by atoms with Gasteiger partial charge < -0.3 is 19.5 Å². The number of nitrogens with zero attached hydrogens (tertiary/aromatic N) is 2. The number of carboxylic acid groups (broad SMARTS) is 1. The number of ether oxygens (including phenoxy) is 1. The van der Waals surface area contributed by atoms with Crippen LogP contribution in [0.2, 0.25) is 0 Å². The van der Waals surface area contributed by atoms with Crippen LogP contribution < -0.4 is 24.0 Å². The quantitative estimate of drug-likeness (QED) is 0.575. The molecule has 2 rings (SSSR count). The molecule has 21 heavy (non-hydrogen) atoms. The normalized spacial score (nSPS) is 14.9. The average Bonchev–Trinajstić information content (AvgIpc) is 2.25. The molecule has 0 aliphatic carbocycles. The summed E-state index contributed by atoms with van der Waals surface area (Å²) in [6, 6.07) is 3.12. The molecule has 6 nitrogen and oxygen atoms in total. The van der Waals surface area contributed by atoms with Crippen LogP contribution in [-0.2, 0) is 4.74 Å². The fraction of sp³-hybridized carbons (Fsp3) is 0.500. The van der Waals surface area contributed by atoms with Gasteiger partial charge >= 0.3 is 25.0 Å². The SMILES string of the molecule is CC(C)(C)OC(=O)N1CC(c2ccc(C(=O)[O-])nc2)C1.[Li+]. The van der Waals surface area contributed by atoms with Crippen LogP contribution in [0.15, 0.2) is 18.3 Å². The molecule has 1 aliphatic heterocycles. The molecule has 0 radical (unpaired) electrons. The van der Waals surface area contributed by atoms with Gasteiger partial charge in [-0.2, -0.15) is 0 Å². The maximum absolute atomic E-state index is 11.8. The Morgan fingerprint density at radius 1 is 1.33 bits per heavy atom. The average molecular weight is 284 g/mol. The smallest absolute Gasteiger partial charge is 0.543 e. The van der Waals surface area contributed by atoms with Crippen molar-refractivity contribution in [1.29, 1.82) is 0 Å². The van der Waals surface area contributed by atoms with E-state index < -0.39 is 11.6 Å². The Balaban J connectivity index is 0.00000220. The van der Waals surface area contributed by atoms with E-state index in [1.54, 1.807) is 11.0 Å². The van der Waals surface area contributed by atoms with Crippen LogP contribution in [-0.4, -0.2) is 40.6 Å². The minimum absolute atomic E-state index is 0. The van der Waals surface area contributed by atoms with Gasteiger partial charge in [-0.1, -0.05) is 6.07 Å². The maximum atomic E-state index is 11.8. The van der Waals surface area contributed by atoms with Crippen LogP contribution in [0.3, 0.4) is 0 Å². The van der Waals surface area contributed by atoms with Crippen molar-refractivity contribution in [3.8, 4) is 0 Å². The number of carboxylic acids is 1. The van der Waals surface area contributed by atoms with E-state index in [4.69, 9.17) is 4.74 Å². The van der Waals surface area contributed by atoms with Gasteiger partial charge in [-0.25, -0.2) is 4.79 Å². The second-order valence-electron chi connectivity index (χ2n) is 5.85. The molecule has 1 saturated heterocycles. The molecule has 0 atom stereocenters. The molecule has 2 heterocycles. The van der Waals surface area contributed by atoms with Gasteiger partial charge in [0.25, 0.3) is 0 Å². The van der Waals surface area contributed by atoms with Gasteiger partial charge in [0.2, 0.25) is 0 Å². The van der Waals surface area contributed by atoms with Gasteiger partial charge in [-0.05, 0) is 32.4 Å². The summed E-state index contributed by atoms with van der Waals surface area (Å²) in [5, 5.41) is 10.6. The molecule has 1 aliphatic rings. The van der Waals surface area contributed by atoms with E-state index in [-0.39, 0.29) is 36.6 Å². The molecule has 0 aromatic carbocycles. The Morgan fingerprint density at radius 2 is 1.95 bits per heavy atom. The Morgan fingerprint density at radius 3 is 2.38 bits per heavy atom. The second-order valence-corrected chi connectivity index (χ2v) is 5.85. The Hall–Kier alpha value is -1.51. The summed E-state index contributed by atoms with van der Waals surface area (Å²) in [7, 11) is 0. The van der Waals surface area contributed by atoms with E-state index in [1.807, 2.05) is 20.8 Å². The number of hydrogen-bond donors (Lipinski definition) is 0. The van der Waals surface area contributed by atoms with Crippen LogP contribution >= 0.6 is 0 Å². The largest absolute Gasteiger partial charge is 1.00 e. The van der Waals surface area contributed by atoms with E-state index in [1.165, 1.54) is 12.3 Å². The second kappa shape index (κ2) is 6.50. The number of amides is 1. The van der Waals surface area contributed by atoms with Gasteiger partial charge in [0.15, 0.2) is 0 Å². The Bertz CT molecular complexity index is 519. The zero-order chi connectivity index (χ0) is 14.9. The first-order valence-corrected chi connectivity index (χ1v) is 6.41. The molecule has 1 fully saturated rings. The molecule has 0 N–H and O–H groups in total. The number of aromatic carboxylic acids is 1. The molecule has 1 aromatic rings. The van der Waals surface area contributed by atoms with Gasteiger partial charge in [-0.15, -0.1) is 0 Å². The fourth-order valence-electron chi connectivity index (χ4n) is 1.93. The topological polar surface area (TPSA) is 82.6 Å². The summed E-state index contributed by atoms with van der Waals surface area (Å²) in [6.07, 6.45) is 1.19. The first-order valence-electron chi connectivity index (χ1n) is 6.41. The Kier molecular flexibility index (Phi) is 5.43. The molecular weight excluding hydrogens is 267 g/mol. The van der Waals surface area contributed by atoms with Crippen molar-refractivity contribution >= 4 is 12.1 Å². The number of aromatic nitrogens is 1. The summed E-state index contributed by atoms with van der Waals surface area (Å²) < 4.78 is 5.26. The number of carbonyl (C=O) groups is 2. The monoisotopic (exact) mass is 284 g/mol. The molecule has 0 unspecified atom stereocenters. The van der Waals surface area contributed by atoms with Crippen LogP contribution in [0.4, 0.5) is 4.79 Å². The summed E-state index contributed by atoms with van der Waals surface area (Å²) in [5.41, 5.74) is 0.326. The molecule has 108 valence electrons. The van der Waals surface area contributed by atoms with Crippen molar-refractivity contribution in [2.75, 3.05) is 13.1 Å². The zero-order valence-electron chi connectivity index (χ0n) is 12.8. The molecule has 0 bridgehead atoms. The van der Waals surface area contributed by atoms with E-state index >= 15 is 0 Å². The van der Waals surface area contributed by atoms with E-state index in [9.17, 15) is 14.7 Å². The summed E-state index contributed by atoms with van der Waals surface area (Å²) >= 11 is 0. The van der Waals surface area contributed by atoms with Crippen molar-refractivity contribution in [2.45, 2.75) is 32.3 Å². The first-order chi connectivity index (χ1) is 9.26. The van der Waals surface area contributed by atoms with Crippen LogP contribution in [0.25, 0.3) is 0 Å². The third-order valence-corrected chi connectivity index (χ3v) is 3.00. The zero-order valence-corrected chi connectivity index (χ0v) is 12.8. The summed E-state index contributed by atoms with van der Waals surface area (Å²) in [4.78, 5) is 27.8. The molecular formula is C14H17LiN2O4. The van der Waals surface area contributed by atoms with Gasteiger partial charge in [-0.3, -0.25) is 4.98 Å². The number of hydrogen-bond acceptors (Lipinski definition) is 5. The van der Waals surface area contributed by atoms with Crippen LogP contribution in [0, 0.1) is 0 Å². The standard InChI is InChI=1S/C14H18N2O4.Li/c1-14(2,3)20-13(19)16-7-10(8-16)9-4-5-11(12(17)18)15-6-9;/h4-6,10H,7-8H2,1-3H3,(H,17,18);/q;+1/p-1. The van der Waals surface area contributed by atoms with Gasteiger partial charge in [0.1, 0.15) is 5.60 Å². The molecule has 1 aromatic heterocycles. The van der Waals surface area contributed by atoms with Crippen molar-refractivity contribution < 1.29 is 38.3 Å². The van der Waals surface area contributed by atoms with E-state index in [0.29, 0.717) is 13.1 Å². The van der Waals surface area contributed by atoms with Gasteiger partial charge in [0.05, 0.1) is 11.7 Å². The van der Waals surface area contributed by atoms with Crippen LogP contribution in [0.1, 0.15) is 42.7 Å². The van der Waals surface area contributed by atoms with E-state index in [2.05, 4.69) is 4.98 Å². The minimum Gasteiger partial charge on any atom is -0.543 e. The predicted molar refractivity (Wildman–Crippen MR) is 69.1 cm³/mol. The van der Waals surface area contributed by atoms with Crippen LogP contribution in [0.5, 0.6) is 0 Å². The van der Waals surface area contributed by atoms with E-state index in [0.717, 1.165) is 5.56 Å². The number of carbonyl (C=O) groups excluding carboxylic acids is 2. The molecule has 1 amide bonds. The predicted octanol–water partition coefficient (Wildman–Crippen LogP) is -2.22. The third-order valence-electron chi connectivity index (χ3n) is 3.00. The Labute approximate surface area is 135 Å². The maximum Gasteiger partial charge on any atom is 1.00 e. The fourth-order valence-corrected chi connectivity index (χ4v) is 1.93. The number of rotatable bonds is 2. The first kappa shape index (κ1) is 17.5. The van der Waals surface area contributed by atoms with Gasteiger partial charge in [0, 0.05) is 25.2 Å². The van der Waals surface area contributed by atoms with Crippen molar-refractivity contribution in [1.82, 2.24) is 9.88 Å². The molecule has 7 heteroatoms.